The molecule has 0 amide bonds. The van der Waals surface area contributed by atoms with E-state index in [-0.39, 0.29) is 6.04 Å². The van der Waals surface area contributed by atoms with Gasteiger partial charge in [-0.15, -0.1) is 0 Å². The Hall–Kier alpha value is -1.61. The van der Waals surface area contributed by atoms with Crippen LogP contribution in [0.15, 0.2) is 36.5 Å². The van der Waals surface area contributed by atoms with Gasteiger partial charge in [-0.1, -0.05) is 24.3 Å². The van der Waals surface area contributed by atoms with Crippen LogP contribution in [0.25, 0.3) is 0 Å². The maximum atomic E-state index is 10.9. The smallest absolute Gasteiger partial charge is 0.129 e. The van der Waals surface area contributed by atoms with Crippen LogP contribution in [-0.2, 0) is 5.60 Å². The molecule has 1 N–H and O–H groups in total. The fourth-order valence-electron chi connectivity index (χ4n) is 2.37. The minimum atomic E-state index is -1.02. The first-order valence-electron chi connectivity index (χ1n) is 6.27. The predicted molar refractivity (Wildman–Crippen MR) is 72.5 cm³/mol. The SMILES string of the molecule is Cc1ccccc1C(C)(O)c1ccnn1C(C)C. The average molecular weight is 244 g/mol. The third-order valence-corrected chi connectivity index (χ3v) is 3.33. The molecule has 3 heteroatoms. The van der Waals surface area contributed by atoms with E-state index in [1.54, 1.807) is 6.20 Å². The quantitative estimate of drug-likeness (QED) is 0.901. The highest BCUT2D eigenvalue weighted by Gasteiger charge is 2.31. The molecular formula is C15H20N2O. The molecule has 0 fully saturated rings. The zero-order valence-electron chi connectivity index (χ0n) is 11.4. The van der Waals surface area contributed by atoms with Crippen molar-refractivity contribution in [1.82, 2.24) is 9.78 Å². The molecule has 2 aromatic rings. The van der Waals surface area contributed by atoms with Gasteiger partial charge in [0.25, 0.3) is 0 Å². The van der Waals surface area contributed by atoms with Gasteiger partial charge in [0, 0.05) is 12.2 Å². The van der Waals surface area contributed by atoms with Crippen molar-refractivity contribution in [3.8, 4) is 0 Å². The Morgan fingerprint density at radius 1 is 1.22 bits per heavy atom. The van der Waals surface area contributed by atoms with Crippen molar-refractivity contribution in [3.63, 3.8) is 0 Å². The van der Waals surface area contributed by atoms with Gasteiger partial charge in [0.15, 0.2) is 0 Å². The Morgan fingerprint density at radius 3 is 2.50 bits per heavy atom. The molecule has 2 rings (SSSR count). The zero-order valence-corrected chi connectivity index (χ0v) is 11.4. The summed E-state index contributed by atoms with van der Waals surface area (Å²) in [5.74, 6) is 0. The lowest BCUT2D eigenvalue weighted by molar-refractivity contribution is 0.0893. The maximum absolute atomic E-state index is 10.9. The van der Waals surface area contributed by atoms with Crippen molar-refractivity contribution in [2.45, 2.75) is 39.3 Å². The van der Waals surface area contributed by atoms with Gasteiger partial charge in [-0.05, 0) is 44.9 Å². The van der Waals surface area contributed by atoms with Gasteiger partial charge in [-0.3, -0.25) is 4.68 Å². The number of hydrogen-bond donors (Lipinski definition) is 1. The molecular weight excluding hydrogens is 224 g/mol. The summed E-state index contributed by atoms with van der Waals surface area (Å²) in [4.78, 5) is 0. The van der Waals surface area contributed by atoms with Crippen LogP contribution in [0.2, 0.25) is 0 Å². The first kappa shape index (κ1) is 12.8. The Balaban J connectivity index is 2.55. The largest absolute Gasteiger partial charge is 0.379 e. The second-order valence-corrected chi connectivity index (χ2v) is 5.14. The molecule has 0 aliphatic heterocycles. The highest BCUT2D eigenvalue weighted by atomic mass is 16.3. The summed E-state index contributed by atoms with van der Waals surface area (Å²) in [7, 11) is 0. The molecule has 0 bridgehead atoms. The molecule has 0 spiro atoms. The van der Waals surface area contributed by atoms with Crippen molar-refractivity contribution >= 4 is 0 Å². The van der Waals surface area contributed by atoms with Crippen molar-refractivity contribution in [1.29, 1.82) is 0 Å². The van der Waals surface area contributed by atoms with E-state index in [9.17, 15) is 5.11 Å². The highest BCUT2D eigenvalue weighted by molar-refractivity contribution is 5.37. The van der Waals surface area contributed by atoms with E-state index >= 15 is 0 Å². The maximum Gasteiger partial charge on any atom is 0.129 e. The van der Waals surface area contributed by atoms with Crippen molar-refractivity contribution < 1.29 is 5.11 Å². The van der Waals surface area contributed by atoms with Crippen molar-refractivity contribution in [3.05, 3.63) is 53.3 Å². The molecule has 0 aliphatic carbocycles. The summed E-state index contributed by atoms with van der Waals surface area (Å²) in [5, 5.41) is 15.2. The number of nitrogens with zero attached hydrogens (tertiary/aromatic N) is 2. The van der Waals surface area contributed by atoms with Gasteiger partial charge in [-0.25, -0.2) is 0 Å². The van der Waals surface area contributed by atoms with Gasteiger partial charge in [0.2, 0.25) is 0 Å². The van der Waals surface area contributed by atoms with Gasteiger partial charge in [0.1, 0.15) is 5.60 Å². The number of aliphatic hydroxyl groups is 1. The second kappa shape index (κ2) is 4.58. The topological polar surface area (TPSA) is 38.1 Å². The molecule has 1 atom stereocenters. The van der Waals surface area contributed by atoms with E-state index in [1.807, 2.05) is 48.9 Å². The standard InChI is InChI=1S/C15H20N2O/c1-11(2)17-14(9-10-16-17)15(4,18)13-8-6-5-7-12(13)3/h5-11,18H,1-4H3. The third kappa shape index (κ3) is 2.06. The van der Waals surface area contributed by atoms with Crippen molar-refractivity contribution in [2.24, 2.45) is 0 Å². The van der Waals surface area contributed by atoms with Gasteiger partial charge < -0.3 is 5.11 Å². The monoisotopic (exact) mass is 244 g/mol. The van der Waals surface area contributed by atoms with Gasteiger partial charge in [0.05, 0.1) is 5.69 Å². The number of aryl methyl sites for hydroxylation is 1. The summed E-state index contributed by atoms with van der Waals surface area (Å²) in [6, 6.07) is 10.0. The average Bonchev–Trinajstić information content (AvgIpc) is 2.78. The first-order valence-corrected chi connectivity index (χ1v) is 6.27. The molecule has 0 aliphatic rings. The van der Waals surface area contributed by atoms with Crippen LogP contribution in [-0.4, -0.2) is 14.9 Å². The van der Waals surface area contributed by atoms with E-state index in [0.717, 1.165) is 16.8 Å². The van der Waals surface area contributed by atoms with E-state index < -0.39 is 5.60 Å². The molecule has 3 nitrogen and oxygen atoms in total. The van der Waals surface area contributed by atoms with Gasteiger partial charge in [-0.2, -0.15) is 5.10 Å². The Morgan fingerprint density at radius 2 is 1.89 bits per heavy atom. The Bertz CT molecular complexity index is 541. The normalized spacial score (nSPS) is 14.8. The van der Waals surface area contributed by atoms with E-state index in [2.05, 4.69) is 18.9 Å². The number of aromatic nitrogens is 2. The van der Waals surface area contributed by atoms with Gasteiger partial charge >= 0.3 is 0 Å². The Kier molecular flexibility index (Phi) is 3.26. The third-order valence-electron chi connectivity index (χ3n) is 3.33. The Labute approximate surface area is 108 Å². The van der Waals surface area contributed by atoms with E-state index in [1.165, 1.54) is 0 Å². The zero-order chi connectivity index (χ0) is 13.3. The molecule has 1 aromatic heterocycles. The lowest BCUT2D eigenvalue weighted by Gasteiger charge is -2.27. The van der Waals surface area contributed by atoms with Crippen LogP contribution >= 0.6 is 0 Å². The number of hydrogen-bond acceptors (Lipinski definition) is 2. The first-order chi connectivity index (χ1) is 8.44. The fraction of sp³-hybridized carbons (Fsp3) is 0.400. The molecule has 1 aromatic carbocycles. The van der Waals surface area contributed by atoms with E-state index in [0.29, 0.717) is 0 Å². The molecule has 0 radical (unpaired) electrons. The number of rotatable bonds is 3. The molecule has 18 heavy (non-hydrogen) atoms. The lowest BCUT2D eigenvalue weighted by atomic mass is 9.89. The summed E-state index contributed by atoms with van der Waals surface area (Å²) < 4.78 is 1.87. The van der Waals surface area contributed by atoms with Crippen molar-refractivity contribution in [2.75, 3.05) is 0 Å². The van der Waals surface area contributed by atoms with Crippen LogP contribution in [0.1, 0.15) is 43.6 Å². The minimum absolute atomic E-state index is 0.227. The van der Waals surface area contributed by atoms with Crippen LogP contribution < -0.4 is 0 Å². The van der Waals surface area contributed by atoms with Crippen LogP contribution in [0.5, 0.6) is 0 Å². The van der Waals surface area contributed by atoms with Crippen LogP contribution in [0.4, 0.5) is 0 Å². The fourth-order valence-corrected chi connectivity index (χ4v) is 2.37. The van der Waals surface area contributed by atoms with E-state index in [4.69, 9.17) is 0 Å². The number of benzene rings is 1. The molecule has 1 unspecified atom stereocenters. The summed E-state index contributed by atoms with van der Waals surface area (Å²) in [5.41, 5.74) is 1.81. The predicted octanol–water partition coefficient (Wildman–Crippen LogP) is 3.03. The van der Waals surface area contributed by atoms with Crippen LogP contribution in [0, 0.1) is 6.92 Å². The summed E-state index contributed by atoms with van der Waals surface area (Å²) >= 11 is 0. The molecule has 1 heterocycles. The summed E-state index contributed by atoms with van der Waals surface area (Å²) in [6.07, 6.45) is 1.74. The molecule has 0 saturated heterocycles. The van der Waals surface area contributed by atoms with Crippen LogP contribution in [0.3, 0.4) is 0 Å². The molecule has 0 saturated carbocycles. The lowest BCUT2D eigenvalue weighted by Crippen LogP contribution is -2.28. The molecule has 96 valence electrons. The minimum Gasteiger partial charge on any atom is -0.379 e. The highest BCUT2D eigenvalue weighted by Crippen LogP contribution is 2.32. The summed E-state index contributed by atoms with van der Waals surface area (Å²) in [6.45, 7) is 7.96. The second-order valence-electron chi connectivity index (χ2n) is 5.14.